The highest BCUT2D eigenvalue weighted by atomic mass is 16.5. The summed E-state index contributed by atoms with van der Waals surface area (Å²) in [6.07, 6.45) is -0.555. The Hall–Kier alpha value is -2.02. The van der Waals surface area contributed by atoms with Gasteiger partial charge in [-0.1, -0.05) is 12.1 Å². The fourth-order valence-electron chi connectivity index (χ4n) is 1.28. The maximum Gasteiger partial charge on any atom is 0.233 e. The van der Waals surface area contributed by atoms with Gasteiger partial charge in [0.05, 0.1) is 19.1 Å². The van der Waals surface area contributed by atoms with Crippen molar-refractivity contribution < 1.29 is 14.4 Å². The second kappa shape index (κ2) is 5.09. The zero-order chi connectivity index (χ0) is 13.1. The first-order valence-electron chi connectivity index (χ1n) is 5.51. The van der Waals surface area contributed by atoms with Gasteiger partial charge in [0.15, 0.2) is 0 Å². The van der Waals surface area contributed by atoms with E-state index >= 15 is 0 Å². The van der Waals surface area contributed by atoms with Crippen molar-refractivity contribution in [3.63, 3.8) is 0 Å². The van der Waals surface area contributed by atoms with Gasteiger partial charge in [-0.15, -0.1) is 10.2 Å². The summed E-state index contributed by atoms with van der Waals surface area (Å²) in [6, 6.07) is 3.35. The van der Waals surface area contributed by atoms with Crippen LogP contribution in [0.25, 0.3) is 11.5 Å². The molecule has 1 N–H and O–H groups in total. The second-order valence-electron chi connectivity index (χ2n) is 3.95. The van der Waals surface area contributed by atoms with Crippen molar-refractivity contribution in [1.82, 2.24) is 20.3 Å². The molecule has 18 heavy (non-hydrogen) atoms. The lowest BCUT2D eigenvalue weighted by Crippen LogP contribution is -2.11. The number of ether oxygens (including phenoxy) is 1. The predicted octanol–water partition coefficient (Wildman–Crippen LogP) is 1.02. The van der Waals surface area contributed by atoms with Gasteiger partial charge in [-0.05, 0) is 13.0 Å². The summed E-state index contributed by atoms with van der Waals surface area (Å²) in [6.45, 7) is 3.48. The first-order valence-corrected chi connectivity index (χ1v) is 5.51. The molecular weight excluding hydrogens is 236 g/mol. The molecule has 0 fully saturated rings. The van der Waals surface area contributed by atoms with Crippen LogP contribution in [0.3, 0.4) is 0 Å². The predicted molar refractivity (Wildman–Crippen MR) is 62.0 cm³/mol. The third kappa shape index (κ3) is 2.45. The Morgan fingerprint density at radius 1 is 1.28 bits per heavy atom. The normalized spacial score (nSPS) is 14.2. The highest BCUT2D eigenvalue weighted by molar-refractivity contribution is 5.47. The van der Waals surface area contributed by atoms with E-state index in [4.69, 9.17) is 9.26 Å². The number of aliphatic hydroxyl groups excluding tert-OH is 1. The van der Waals surface area contributed by atoms with Gasteiger partial charge in [-0.3, -0.25) is 0 Å². The van der Waals surface area contributed by atoms with Crippen LogP contribution in [-0.4, -0.2) is 38.7 Å². The van der Waals surface area contributed by atoms with Crippen LogP contribution in [0.5, 0.6) is 5.88 Å². The van der Waals surface area contributed by atoms with Crippen molar-refractivity contribution in [2.45, 2.75) is 25.9 Å². The molecule has 0 aromatic carbocycles. The largest absolute Gasteiger partial charge is 0.480 e. The molecule has 2 rings (SSSR count). The summed E-state index contributed by atoms with van der Waals surface area (Å²) in [5, 5.41) is 21.0. The molecule has 2 atom stereocenters. The topological polar surface area (TPSA) is 94.2 Å². The molecule has 2 aromatic heterocycles. The lowest BCUT2D eigenvalue weighted by Gasteiger charge is -2.07. The van der Waals surface area contributed by atoms with Crippen LogP contribution in [-0.2, 0) is 0 Å². The summed E-state index contributed by atoms with van der Waals surface area (Å²) >= 11 is 0. The van der Waals surface area contributed by atoms with E-state index in [-0.39, 0.29) is 5.92 Å². The Bertz CT molecular complexity index is 509. The van der Waals surface area contributed by atoms with Crippen molar-refractivity contribution >= 4 is 0 Å². The first kappa shape index (κ1) is 12.4. The minimum absolute atomic E-state index is 0.225. The van der Waals surface area contributed by atoms with Gasteiger partial charge < -0.3 is 14.4 Å². The van der Waals surface area contributed by atoms with Crippen molar-refractivity contribution in [1.29, 1.82) is 0 Å². The van der Waals surface area contributed by atoms with E-state index in [1.54, 1.807) is 19.1 Å². The van der Waals surface area contributed by atoms with Gasteiger partial charge in [0, 0.05) is 6.07 Å². The van der Waals surface area contributed by atoms with Crippen LogP contribution < -0.4 is 4.74 Å². The first-order chi connectivity index (χ1) is 8.61. The zero-order valence-electron chi connectivity index (χ0n) is 10.4. The zero-order valence-corrected chi connectivity index (χ0v) is 10.4. The molecule has 0 aliphatic heterocycles. The Labute approximate surface area is 104 Å². The molecule has 0 bridgehead atoms. The average molecular weight is 250 g/mol. The van der Waals surface area contributed by atoms with Crippen molar-refractivity contribution in [3.05, 3.63) is 18.0 Å². The Kier molecular flexibility index (Phi) is 3.52. The molecule has 0 aliphatic carbocycles. The average Bonchev–Trinajstić information content (AvgIpc) is 2.87. The smallest absolute Gasteiger partial charge is 0.233 e. The summed E-state index contributed by atoms with van der Waals surface area (Å²) < 4.78 is 9.99. The van der Waals surface area contributed by atoms with Crippen LogP contribution in [0.15, 0.2) is 16.7 Å². The third-order valence-corrected chi connectivity index (χ3v) is 2.63. The van der Waals surface area contributed by atoms with E-state index in [0.29, 0.717) is 23.3 Å². The SMILES string of the molecule is COc1ccc(-c2noc(C(C)C(C)O)n2)nn1. The van der Waals surface area contributed by atoms with Gasteiger partial charge in [-0.2, -0.15) is 4.98 Å². The maximum atomic E-state index is 9.45. The Morgan fingerprint density at radius 3 is 2.61 bits per heavy atom. The Balaban J connectivity index is 2.23. The van der Waals surface area contributed by atoms with Gasteiger partial charge in [-0.25, -0.2) is 0 Å². The van der Waals surface area contributed by atoms with Crippen LogP contribution in [0, 0.1) is 0 Å². The van der Waals surface area contributed by atoms with Crippen LogP contribution >= 0.6 is 0 Å². The van der Waals surface area contributed by atoms with Gasteiger partial charge >= 0.3 is 0 Å². The number of aromatic nitrogens is 4. The minimum Gasteiger partial charge on any atom is -0.480 e. The fraction of sp³-hybridized carbons (Fsp3) is 0.455. The molecule has 0 aliphatic rings. The van der Waals surface area contributed by atoms with E-state index in [9.17, 15) is 5.11 Å². The van der Waals surface area contributed by atoms with Gasteiger partial charge in [0.1, 0.15) is 5.69 Å². The third-order valence-electron chi connectivity index (χ3n) is 2.63. The maximum absolute atomic E-state index is 9.45. The molecule has 2 aromatic rings. The number of methoxy groups -OCH3 is 1. The van der Waals surface area contributed by atoms with E-state index in [0.717, 1.165) is 0 Å². The van der Waals surface area contributed by atoms with E-state index in [1.165, 1.54) is 7.11 Å². The summed E-state index contributed by atoms with van der Waals surface area (Å²) in [7, 11) is 1.51. The quantitative estimate of drug-likeness (QED) is 0.865. The highest BCUT2D eigenvalue weighted by Crippen LogP contribution is 2.20. The number of rotatable bonds is 4. The van der Waals surface area contributed by atoms with Crippen LogP contribution in [0.1, 0.15) is 25.7 Å². The van der Waals surface area contributed by atoms with E-state index in [1.807, 2.05) is 6.92 Å². The lowest BCUT2D eigenvalue weighted by atomic mass is 10.1. The van der Waals surface area contributed by atoms with Gasteiger partial charge in [0.2, 0.25) is 17.6 Å². The molecule has 96 valence electrons. The molecule has 2 unspecified atom stereocenters. The lowest BCUT2D eigenvalue weighted by molar-refractivity contribution is 0.151. The molecule has 7 heteroatoms. The molecule has 0 saturated heterocycles. The standard InChI is InChI=1S/C11H14N4O3/c1-6(7(2)16)11-12-10(15-18-11)8-4-5-9(17-3)14-13-8/h4-7,16H,1-3H3. The minimum atomic E-state index is -0.555. The van der Waals surface area contributed by atoms with Crippen LogP contribution in [0.4, 0.5) is 0 Å². The molecule has 0 spiro atoms. The molecule has 0 saturated carbocycles. The fourth-order valence-corrected chi connectivity index (χ4v) is 1.28. The van der Waals surface area contributed by atoms with E-state index < -0.39 is 6.10 Å². The number of aliphatic hydroxyl groups is 1. The van der Waals surface area contributed by atoms with Crippen molar-refractivity contribution in [2.75, 3.05) is 7.11 Å². The van der Waals surface area contributed by atoms with Crippen molar-refractivity contribution in [2.24, 2.45) is 0 Å². The Morgan fingerprint density at radius 2 is 2.06 bits per heavy atom. The van der Waals surface area contributed by atoms with Gasteiger partial charge in [0.25, 0.3) is 0 Å². The number of hydrogen-bond acceptors (Lipinski definition) is 7. The molecule has 0 amide bonds. The number of nitrogens with zero attached hydrogens (tertiary/aromatic N) is 4. The monoisotopic (exact) mass is 250 g/mol. The van der Waals surface area contributed by atoms with Crippen LogP contribution in [0.2, 0.25) is 0 Å². The summed E-state index contributed by atoms with van der Waals surface area (Å²) in [5.41, 5.74) is 0.489. The highest BCUT2D eigenvalue weighted by Gasteiger charge is 2.20. The summed E-state index contributed by atoms with van der Waals surface area (Å²) in [5.74, 6) is 0.905. The molecule has 7 nitrogen and oxygen atoms in total. The molecular formula is C11H14N4O3. The summed E-state index contributed by atoms with van der Waals surface area (Å²) in [4.78, 5) is 4.18. The van der Waals surface area contributed by atoms with E-state index in [2.05, 4.69) is 20.3 Å². The van der Waals surface area contributed by atoms with Crippen molar-refractivity contribution in [3.8, 4) is 17.4 Å². The molecule has 0 radical (unpaired) electrons. The second-order valence-corrected chi connectivity index (χ2v) is 3.95. The molecule has 2 heterocycles. The number of hydrogen-bond donors (Lipinski definition) is 1.